The SMILES string of the molecule is COc1ccc(CNC(=O)c2c(O)nc3ccc(C)cn3c2=O)cc1OC. The first-order chi connectivity index (χ1) is 12.9. The molecule has 2 aromatic heterocycles. The van der Waals surface area contributed by atoms with E-state index in [1.54, 1.807) is 36.5 Å². The maximum Gasteiger partial charge on any atom is 0.274 e. The molecule has 3 aromatic rings. The van der Waals surface area contributed by atoms with Crippen molar-refractivity contribution in [3.05, 3.63) is 63.6 Å². The minimum Gasteiger partial charge on any atom is -0.493 e. The highest BCUT2D eigenvalue weighted by molar-refractivity contribution is 5.96. The molecule has 0 aliphatic carbocycles. The molecule has 0 atom stereocenters. The first kappa shape index (κ1) is 18.2. The maximum atomic E-state index is 12.6. The minimum absolute atomic E-state index is 0.134. The molecular weight excluding hydrogens is 350 g/mol. The Bertz CT molecular complexity index is 1070. The van der Waals surface area contributed by atoms with Crippen LogP contribution in [0, 0.1) is 6.92 Å². The number of rotatable bonds is 5. The van der Waals surface area contributed by atoms with Gasteiger partial charge < -0.3 is 19.9 Å². The van der Waals surface area contributed by atoms with E-state index in [2.05, 4.69) is 10.3 Å². The van der Waals surface area contributed by atoms with Gasteiger partial charge in [-0.3, -0.25) is 14.0 Å². The highest BCUT2D eigenvalue weighted by Crippen LogP contribution is 2.27. The molecule has 3 rings (SSSR count). The summed E-state index contributed by atoms with van der Waals surface area (Å²) >= 11 is 0. The summed E-state index contributed by atoms with van der Waals surface area (Å²) in [6, 6.07) is 8.55. The van der Waals surface area contributed by atoms with Crippen molar-refractivity contribution in [2.75, 3.05) is 14.2 Å². The molecule has 0 bridgehead atoms. The largest absolute Gasteiger partial charge is 0.493 e. The summed E-state index contributed by atoms with van der Waals surface area (Å²) in [5.74, 6) is -0.225. The van der Waals surface area contributed by atoms with Crippen LogP contribution in [0.3, 0.4) is 0 Å². The molecule has 0 radical (unpaired) electrons. The fourth-order valence-electron chi connectivity index (χ4n) is 2.69. The van der Waals surface area contributed by atoms with Gasteiger partial charge in [-0.2, -0.15) is 4.98 Å². The van der Waals surface area contributed by atoms with Crippen LogP contribution >= 0.6 is 0 Å². The first-order valence-electron chi connectivity index (χ1n) is 8.15. The summed E-state index contributed by atoms with van der Waals surface area (Å²) in [6.45, 7) is 1.95. The lowest BCUT2D eigenvalue weighted by Crippen LogP contribution is -2.31. The zero-order valence-electron chi connectivity index (χ0n) is 15.1. The van der Waals surface area contributed by atoms with E-state index < -0.39 is 22.9 Å². The minimum atomic E-state index is -0.712. The Morgan fingerprint density at radius 1 is 1.19 bits per heavy atom. The van der Waals surface area contributed by atoms with Crippen molar-refractivity contribution >= 4 is 11.6 Å². The highest BCUT2D eigenvalue weighted by Gasteiger charge is 2.19. The first-order valence-corrected chi connectivity index (χ1v) is 8.15. The van der Waals surface area contributed by atoms with Crippen LogP contribution in [0.4, 0.5) is 0 Å². The molecule has 8 nitrogen and oxygen atoms in total. The van der Waals surface area contributed by atoms with Gasteiger partial charge in [0, 0.05) is 12.7 Å². The van der Waals surface area contributed by atoms with Crippen LogP contribution in [0.5, 0.6) is 17.4 Å². The molecule has 1 amide bonds. The monoisotopic (exact) mass is 369 g/mol. The molecule has 0 fully saturated rings. The van der Waals surface area contributed by atoms with Crippen molar-refractivity contribution in [1.82, 2.24) is 14.7 Å². The van der Waals surface area contributed by atoms with Crippen LogP contribution < -0.4 is 20.3 Å². The quantitative estimate of drug-likeness (QED) is 0.709. The van der Waals surface area contributed by atoms with E-state index in [1.165, 1.54) is 18.6 Å². The van der Waals surface area contributed by atoms with Crippen molar-refractivity contribution in [2.45, 2.75) is 13.5 Å². The normalized spacial score (nSPS) is 10.6. The molecule has 0 aliphatic rings. The summed E-state index contributed by atoms with van der Waals surface area (Å²) in [6.07, 6.45) is 1.56. The van der Waals surface area contributed by atoms with Crippen LogP contribution in [-0.2, 0) is 6.54 Å². The number of benzene rings is 1. The Morgan fingerprint density at radius 2 is 1.93 bits per heavy atom. The van der Waals surface area contributed by atoms with Crippen LogP contribution in [0.25, 0.3) is 5.65 Å². The lowest BCUT2D eigenvalue weighted by molar-refractivity contribution is 0.0945. The molecule has 0 saturated heterocycles. The zero-order chi connectivity index (χ0) is 19.6. The van der Waals surface area contributed by atoms with Gasteiger partial charge in [0.2, 0.25) is 5.88 Å². The number of nitrogens with one attached hydrogen (secondary N) is 1. The summed E-state index contributed by atoms with van der Waals surface area (Å²) in [4.78, 5) is 29.0. The lowest BCUT2D eigenvalue weighted by atomic mass is 10.2. The number of ether oxygens (including phenoxy) is 2. The van der Waals surface area contributed by atoms with E-state index >= 15 is 0 Å². The van der Waals surface area contributed by atoms with Crippen LogP contribution in [0.1, 0.15) is 21.5 Å². The third kappa shape index (κ3) is 3.55. The fraction of sp³-hybridized carbons (Fsp3) is 0.211. The maximum absolute atomic E-state index is 12.6. The van der Waals surface area contributed by atoms with E-state index in [4.69, 9.17) is 9.47 Å². The van der Waals surface area contributed by atoms with E-state index in [9.17, 15) is 14.7 Å². The molecular formula is C19H19N3O5. The lowest BCUT2D eigenvalue weighted by Gasteiger charge is -2.11. The number of aromatic nitrogens is 2. The van der Waals surface area contributed by atoms with Crippen LogP contribution in [0.2, 0.25) is 0 Å². The van der Waals surface area contributed by atoms with Crippen molar-refractivity contribution in [2.24, 2.45) is 0 Å². The predicted molar refractivity (Wildman–Crippen MR) is 98.6 cm³/mol. The number of hydrogen-bond donors (Lipinski definition) is 2. The van der Waals surface area contributed by atoms with Crippen LogP contribution in [-0.4, -0.2) is 34.6 Å². The third-order valence-corrected chi connectivity index (χ3v) is 4.08. The average Bonchev–Trinajstić information content (AvgIpc) is 2.66. The average molecular weight is 369 g/mol. The van der Waals surface area contributed by atoms with Crippen LogP contribution in [0.15, 0.2) is 41.3 Å². The number of nitrogens with zero attached hydrogens (tertiary/aromatic N) is 2. The summed E-state index contributed by atoms with van der Waals surface area (Å²) < 4.78 is 11.6. The molecule has 2 heterocycles. The van der Waals surface area contributed by atoms with Crippen molar-refractivity contribution in [3.8, 4) is 17.4 Å². The van der Waals surface area contributed by atoms with E-state index in [0.29, 0.717) is 11.5 Å². The fourth-order valence-corrected chi connectivity index (χ4v) is 2.69. The standard InChI is InChI=1S/C19H19N3O5/c1-11-4-7-15-21-18(24)16(19(25)22(15)10-11)17(23)20-9-12-5-6-13(26-2)14(8-12)27-3/h4-8,10,24H,9H2,1-3H3,(H,20,23). The summed E-state index contributed by atoms with van der Waals surface area (Å²) in [7, 11) is 3.05. The summed E-state index contributed by atoms with van der Waals surface area (Å²) in [5.41, 5.74) is 0.795. The van der Waals surface area contributed by atoms with Gasteiger partial charge in [-0.1, -0.05) is 12.1 Å². The predicted octanol–water partition coefficient (Wildman–Crippen LogP) is 1.66. The smallest absolute Gasteiger partial charge is 0.274 e. The molecule has 0 aliphatic heterocycles. The number of carbonyl (C=O) groups is 1. The number of pyridine rings is 1. The van der Waals surface area contributed by atoms with Gasteiger partial charge in [-0.25, -0.2) is 0 Å². The number of fused-ring (bicyclic) bond motifs is 1. The number of aryl methyl sites for hydroxylation is 1. The molecule has 8 heteroatoms. The Labute approximate surface area is 155 Å². The summed E-state index contributed by atoms with van der Waals surface area (Å²) in [5, 5.41) is 12.7. The van der Waals surface area contributed by atoms with E-state index in [0.717, 1.165) is 11.1 Å². The molecule has 140 valence electrons. The molecule has 27 heavy (non-hydrogen) atoms. The van der Waals surface area contributed by atoms with Gasteiger partial charge >= 0.3 is 0 Å². The molecule has 0 unspecified atom stereocenters. The molecule has 0 spiro atoms. The third-order valence-electron chi connectivity index (χ3n) is 4.08. The Morgan fingerprint density at radius 3 is 2.63 bits per heavy atom. The van der Waals surface area contributed by atoms with Crippen molar-refractivity contribution in [3.63, 3.8) is 0 Å². The van der Waals surface area contributed by atoms with Gasteiger partial charge in [0.15, 0.2) is 17.1 Å². The molecule has 0 saturated carbocycles. The Hall–Kier alpha value is -3.55. The van der Waals surface area contributed by atoms with Gasteiger partial charge in [0.05, 0.1) is 14.2 Å². The molecule has 2 N–H and O–H groups in total. The number of carbonyl (C=O) groups excluding carboxylic acids is 1. The van der Waals surface area contributed by atoms with Gasteiger partial charge in [-0.15, -0.1) is 0 Å². The Balaban J connectivity index is 1.87. The second-order valence-electron chi connectivity index (χ2n) is 5.92. The van der Waals surface area contributed by atoms with E-state index in [1.807, 2.05) is 6.92 Å². The van der Waals surface area contributed by atoms with Gasteiger partial charge in [0.1, 0.15) is 5.65 Å². The zero-order valence-corrected chi connectivity index (χ0v) is 15.1. The number of methoxy groups -OCH3 is 2. The second kappa shape index (κ2) is 7.36. The van der Waals surface area contributed by atoms with Gasteiger partial charge in [0.25, 0.3) is 11.5 Å². The number of amides is 1. The topological polar surface area (TPSA) is 102 Å². The highest BCUT2D eigenvalue weighted by atomic mass is 16.5. The van der Waals surface area contributed by atoms with Crippen molar-refractivity contribution in [1.29, 1.82) is 0 Å². The van der Waals surface area contributed by atoms with Crippen molar-refractivity contribution < 1.29 is 19.4 Å². The molecule has 1 aromatic carbocycles. The number of aromatic hydroxyl groups is 1. The van der Waals surface area contributed by atoms with E-state index in [-0.39, 0.29) is 12.2 Å². The second-order valence-corrected chi connectivity index (χ2v) is 5.92. The number of hydrogen-bond acceptors (Lipinski definition) is 6. The Kier molecular flexibility index (Phi) is 4.98. The van der Waals surface area contributed by atoms with Gasteiger partial charge in [-0.05, 0) is 36.2 Å².